The Hall–Kier alpha value is -3.89. The molecule has 0 aliphatic heterocycles. The van der Waals surface area contributed by atoms with Crippen LogP contribution < -0.4 is 33.2 Å². The monoisotopic (exact) mass is 579 g/mol. The second-order valence-corrected chi connectivity index (χ2v) is 9.82. The Morgan fingerprint density at radius 2 is 1.37 bits per heavy atom. The van der Waals surface area contributed by atoms with E-state index >= 15 is 0 Å². The van der Waals surface area contributed by atoms with Crippen LogP contribution in [-0.2, 0) is 32.0 Å². The number of imidazole rings is 2. The van der Waals surface area contributed by atoms with Crippen LogP contribution in [0.15, 0.2) is 25.0 Å². The lowest BCUT2D eigenvalue weighted by atomic mass is 10.1. The first kappa shape index (κ1) is 33.3. The van der Waals surface area contributed by atoms with Crippen molar-refractivity contribution in [2.45, 2.75) is 75.5 Å². The van der Waals surface area contributed by atoms with Crippen LogP contribution in [0, 0.1) is 0 Å². The van der Waals surface area contributed by atoms with E-state index in [2.05, 4.69) is 35.9 Å². The molecule has 2 aromatic rings. The summed E-state index contributed by atoms with van der Waals surface area (Å²) in [7, 11) is 1.13. The van der Waals surface area contributed by atoms with Crippen LogP contribution in [0.2, 0.25) is 0 Å². The fraction of sp³-hybridized carbons (Fsp3) is 0.600. The molecule has 0 spiro atoms. The van der Waals surface area contributed by atoms with Crippen molar-refractivity contribution >= 4 is 23.6 Å². The minimum atomic E-state index is -1.03. The zero-order valence-electron chi connectivity index (χ0n) is 23.3. The summed E-state index contributed by atoms with van der Waals surface area (Å²) in [6.07, 6.45) is 9.31. The van der Waals surface area contributed by atoms with Gasteiger partial charge in [0.05, 0.1) is 36.1 Å². The third-order valence-electron chi connectivity index (χ3n) is 6.45. The van der Waals surface area contributed by atoms with E-state index in [-0.39, 0.29) is 30.4 Å². The average Bonchev–Trinajstić information content (AvgIpc) is 3.63. The highest BCUT2D eigenvalue weighted by atomic mass is 19.2. The van der Waals surface area contributed by atoms with Crippen molar-refractivity contribution in [3.63, 3.8) is 0 Å². The lowest BCUT2D eigenvalue weighted by Gasteiger charge is -2.21. The molecule has 4 atom stereocenters. The number of nitrogens with two attached hydrogens (primary N) is 3. The lowest BCUT2D eigenvalue weighted by molar-refractivity contribution is -0.130. The van der Waals surface area contributed by atoms with E-state index in [1.165, 1.54) is 12.7 Å². The molecular weight excluding hydrogens is 537 g/mol. The maximum atomic E-state index is 13.4. The number of unbranched alkanes of at least 4 members (excludes halogenated alkanes) is 2. The number of hydrogen-bond acceptors (Lipinski definition) is 9. The maximum absolute atomic E-state index is 13.4. The third kappa shape index (κ3) is 12.4. The van der Waals surface area contributed by atoms with Crippen molar-refractivity contribution in [3.05, 3.63) is 36.4 Å². The summed E-state index contributed by atoms with van der Waals surface area (Å²) in [5, 5.41) is 8.53. The number of nitrogens with one attached hydrogen (secondary N) is 5. The number of likely N-dealkylation sites (N-methyl/N-ethyl adjacent to an activating group) is 1. The zero-order chi connectivity index (χ0) is 30.2. The van der Waals surface area contributed by atoms with Gasteiger partial charge in [0, 0.05) is 45.4 Å². The molecule has 4 amide bonds. The number of H-pyrrole nitrogens is 2. The molecule has 11 N–H and O–H groups in total. The van der Waals surface area contributed by atoms with Gasteiger partial charge in [0.25, 0.3) is 0 Å². The summed E-state index contributed by atoms with van der Waals surface area (Å²) in [5.74, 6) is -1.97. The Balaban J connectivity index is 1.81. The van der Waals surface area contributed by atoms with E-state index in [9.17, 15) is 23.7 Å². The van der Waals surface area contributed by atoms with Gasteiger partial charge in [0.15, 0.2) is 0 Å². The molecular formula is C25H42FN11O4. The van der Waals surface area contributed by atoms with Crippen LogP contribution in [0.25, 0.3) is 0 Å². The molecule has 15 nitrogen and oxygen atoms in total. The molecule has 2 rings (SSSR count). The number of nitrogens with zero attached hydrogens (tertiary/aromatic N) is 3. The number of amides is 4. The van der Waals surface area contributed by atoms with Gasteiger partial charge in [-0.1, -0.05) is 0 Å². The molecule has 0 aromatic carbocycles. The molecule has 0 saturated heterocycles. The Kier molecular flexibility index (Phi) is 14.4. The molecule has 2 heterocycles. The molecule has 0 bridgehead atoms. The first-order valence-corrected chi connectivity index (χ1v) is 13.6. The molecule has 4 unspecified atom stereocenters. The number of primary amides is 1. The number of halogens is 1. The van der Waals surface area contributed by atoms with E-state index < -0.39 is 41.9 Å². The quantitative estimate of drug-likeness (QED) is 0.0657. The minimum absolute atomic E-state index is 0.193. The second kappa shape index (κ2) is 17.7. The Morgan fingerprint density at radius 1 is 0.854 bits per heavy atom. The predicted molar refractivity (Wildman–Crippen MR) is 148 cm³/mol. The van der Waals surface area contributed by atoms with Crippen molar-refractivity contribution in [1.82, 2.24) is 41.0 Å². The van der Waals surface area contributed by atoms with Crippen LogP contribution in [0.3, 0.4) is 0 Å². The largest absolute Gasteiger partial charge is 0.368 e. The summed E-state index contributed by atoms with van der Waals surface area (Å²) >= 11 is 0. The number of carbonyl (C=O) groups excluding carboxylic acids is 4. The first-order chi connectivity index (χ1) is 19.6. The molecule has 16 heteroatoms. The fourth-order valence-corrected chi connectivity index (χ4v) is 4.10. The SMILES string of the molecule is CN(F)C(CCCCNC(=O)C(CCCCNC(=O)C(N)Cc1c[nH]cn1)NC(=O)C(N)Cc1c[nH]cn1)C(N)=O. The maximum Gasteiger partial charge on any atom is 0.242 e. The normalized spacial score (nSPS) is 14.2. The zero-order valence-corrected chi connectivity index (χ0v) is 23.3. The fourth-order valence-electron chi connectivity index (χ4n) is 4.10. The van der Waals surface area contributed by atoms with Gasteiger partial charge in [-0.05, 0) is 38.5 Å². The smallest absolute Gasteiger partial charge is 0.242 e. The topological polar surface area (TPSA) is 243 Å². The van der Waals surface area contributed by atoms with Crippen molar-refractivity contribution in [2.75, 3.05) is 20.1 Å². The summed E-state index contributed by atoms with van der Waals surface area (Å²) in [5.41, 5.74) is 18.5. The Labute approximate surface area is 237 Å². The second-order valence-electron chi connectivity index (χ2n) is 9.82. The summed E-state index contributed by atoms with van der Waals surface area (Å²) < 4.78 is 13.4. The van der Waals surface area contributed by atoms with Gasteiger partial charge in [-0.25, -0.2) is 9.97 Å². The third-order valence-corrected chi connectivity index (χ3v) is 6.45. The lowest BCUT2D eigenvalue weighted by Crippen LogP contribution is -2.52. The van der Waals surface area contributed by atoms with E-state index in [0.717, 1.165) is 7.05 Å². The molecule has 0 radical (unpaired) electrons. The van der Waals surface area contributed by atoms with Crippen LogP contribution in [0.1, 0.15) is 49.9 Å². The minimum Gasteiger partial charge on any atom is -0.368 e. The van der Waals surface area contributed by atoms with Gasteiger partial charge >= 0.3 is 0 Å². The van der Waals surface area contributed by atoms with Crippen molar-refractivity contribution < 1.29 is 23.7 Å². The summed E-state index contributed by atoms with van der Waals surface area (Å²) in [4.78, 5) is 63.0. The molecule has 2 aromatic heterocycles. The molecule has 0 saturated carbocycles. The summed E-state index contributed by atoms with van der Waals surface area (Å²) in [6.45, 7) is 0.605. The highest BCUT2D eigenvalue weighted by molar-refractivity contribution is 5.89. The van der Waals surface area contributed by atoms with E-state index in [0.29, 0.717) is 56.5 Å². The van der Waals surface area contributed by atoms with E-state index in [1.54, 1.807) is 12.4 Å². The predicted octanol–water partition coefficient (Wildman–Crippen LogP) is -1.70. The van der Waals surface area contributed by atoms with Crippen molar-refractivity contribution in [1.29, 1.82) is 0 Å². The number of rotatable bonds is 20. The first-order valence-electron chi connectivity index (χ1n) is 13.6. The molecule has 41 heavy (non-hydrogen) atoms. The molecule has 0 aliphatic carbocycles. The van der Waals surface area contributed by atoms with Gasteiger partial charge in [0.1, 0.15) is 12.1 Å². The standard InChI is InChI=1S/C25H42FN11O4/c1-37(26)21(22(29)38)7-3-5-9-33-25(41)20(36-24(40)19(28)11-17-13-31-15-35-17)6-2-4-8-32-23(39)18(27)10-16-12-30-14-34-16/h12-15,18-21H,2-11,27-28H2,1H3,(H2,29,38)(H,30,34)(H,31,35)(H,32,39)(H,33,41)(H,36,40). The van der Waals surface area contributed by atoms with Crippen molar-refractivity contribution in [2.24, 2.45) is 17.2 Å². The molecule has 0 aliphatic rings. The van der Waals surface area contributed by atoms with E-state index in [1.807, 2.05) is 0 Å². The van der Waals surface area contributed by atoms with Crippen molar-refractivity contribution in [3.8, 4) is 0 Å². The average molecular weight is 580 g/mol. The number of hydrogen-bond donors (Lipinski definition) is 8. The van der Waals surface area contributed by atoms with Gasteiger partial charge in [0.2, 0.25) is 23.6 Å². The number of carbonyl (C=O) groups is 4. The van der Waals surface area contributed by atoms with Crippen LogP contribution in [0.4, 0.5) is 4.48 Å². The number of aromatic nitrogens is 4. The van der Waals surface area contributed by atoms with Gasteiger partial charge in [-0.2, -0.15) is 0 Å². The van der Waals surface area contributed by atoms with Crippen LogP contribution in [-0.4, -0.2) is 93.0 Å². The van der Waals surface area contributed by atoms with Gasteiger partial charge in [-0.15, -0.1) is 9.60 Å². The molecule has 228 valence electrons. The highest BCUT2D eigenvalue weighted by Gasteiger charge is 2.24. The Bertz CT molecular complexity index is 1070. The highest BCUT2D eigenvalue weighted by Crippen LogP contribution is 2.08. The van der Waals surface area contributed by atoms with Gasteiger partial charge < -0.3 is 43.1 Å². The number of aromatic amines is 2. The Morgan fingerprint density at radius 3 is 1.85 bits per heavy atom. The van der Waals surface area contributed by atoms with Crippen LogP contribution >= 0.6 is 0 Å². The summed E-state index contributed by atoms with van der Waals surface area (Å²) in [6, 6.07) is -3.54. The van der Waals surface area contributed by atoms with E-state index in [4.69, 9.17) is 17.2 Å². The van der Waals surface area contributed by atoms with Gasteiger partial charge in [-0.3, -0.25) is 19.2 Å². The van der Waals surface area contributed by atoms with Crippen LogP contribution in [0.5, 0.6) is 0 Å². The molecule has 0 fully saturated rings.